The number of rotatable bonds is 19. The molecule has 7 aromatic carbocycles. The molecule has 68 heavy (non-hydrogen) atoms. The molecule has 0 spiro atoms. The number of hydrogen-bond donors (Lipinski definition) is 1. The Hall–Kier alpha value is -5.45. The topological polar surface area (TPSA) is 86.8 Å². The van der Waals surface area contributed by atoms with E-state index in [-0.39, 0.29) is 26.4 Å². The van der Waals surface area contributed by atoms with Gasteiger partial charge in [0.05, 0.1) is 22.2 Å². The minimum absolute atomic E-state index is 0.00907. The lowest BCUT2D eigenvalue weighted by Gasteiger charge is -2.32. The summed E-state index contributed by atoms with van der Waals surface area (Å²) >= 11 is 12.2. The number of fused-ring (bicyclic) bond motifs is 7. The van der Waals surface area contributed by atoms with Gasteiger partial charge in [0.15, 0.2) is 0 Å². The first-order valence-corrected chi connectivity index (χ1v) is 27.8. The number of aromatic nitrogens is 1. The molecule has 0 bridgehead atoms. The molecule has 0 aliphatic heterocycles. The van der Waals surface area contributed by atoms with E-state index in [9.17, 15) is 9.59 Å². The van der Waals surface area contributed by atoms with Crippen molar-refractivity contribution >= 4 is 144 Å². The van der Waals surface area contributed by atoms with Crippen molar-refractivity contribution in [3.8, 4) is 5.19 Å². The number of carbonyl (C=O) groups excluding carboxylic acids is 2. The number of nitrogens with one attached hydrogen (secondary N) is 1. The Kier molecular flexibility index (Phi) is 14.6. The Morgan fingerprint density at radius 1 is 0.559 bits per heavy atom. The van der Waals surface area contributed by atoms with E-state index in [4.69, 9.17) is 19.2 Å². The third kappa shape index (κ3) is 10.6. The van der Waals surface area contributed by atoms with Gasteiger partial charge in [-0.15, -0.1) is 46.2 Å². The Bertz CT molecular complexity index is 3240. The zero-order valence-electron chi connectivity index (χ0n) is 36.4. The Balaban J connectivity index is 0.966. The average Bonchev–Trinajstić information content (AvgIpc) is 4.10. The van der Waals surface area contributed by atoms with Crippen LogP contribution in [0.3, 0.4) is 0 Å². The highest BCUT2D eigenvalue weighted by atomic mass is 32.2. The van der Waals surface area contributed by atoms with Crippen molar-refractivity contribution in [1.29, 1.82) is 0 Å². The number of amides is 1. The van der Waals surface area contributed by atoms with Gasteiger partial charge in [0.1, 0.15) is 19.8 Å². The van der Waals surface area contributed by atoms with Crippen LogP contribution >= 0.6 is 81.1 Å². The zero-order chi connectivity index (χ0) is 46.3. The maximum absolute atomic E-state index is 13.4. The number of esters is 1. The molecule has 10 rings (SSSR count). The maximum atomic E-state index is 13.4. The highest BCUT2D eigenvalue weighted by molar-refractivity contribution is 8.03. The second kappa shape index (κ2) is 21.5. The molecule has 0 saturated heterocycles. The number of alkyl carbamates (subject to hydrolysis) is 1. The van der Waals surface area contributed by atoms with Crippen LogP contribution in [0.2, 0.25) is 0 Å². The summed E-state index contributed by atoms with van der Waals surface area (Å²) in [4.78, 5) is 36.9. The molecular formula is C54H42N2O5S7. The third-order valence-corrected chi connectivity index (χ3v) is 20.0. The van der Waals surface area contributed by atoms with Crippen molar-refractivity contribution in [3.05, 3.63) is 170 Å². The summed E-state index contributed by atoms with van der Waals surface area (Å²) in [5.74, 6) is 0.546. The van der Waals surface area contributed by atoms with Crippen LogP contribution in [0.4, 0.5) is 4.79 Å². The summed E-state index contributed by atoms with van der Waals surface area (Å²) < 4.78 is 24.0. The van der Waals surface area contributed by atoms with Gasteiger partial charge < -0.3 is 19.5 Å². The zero-order valence-corrected chi connectivity index (χ0v) is 42.1. The molecule has 0 radical (unpaired) electrons. The molecule has 14 heteroatoms. The van der Waals surface area contributed by atoms with E-state index in [1.165, 1.54) is 61.5 Å². The average molecular weight is 1020 g/mol. The summed E-state index contributed by atoms with van der Waals surface area (Å²) in [7, 11) is 0. The fraction of sp³-hybridized carbons (Fsp3) is 0.130. The minimum atomic E-state index is -0.730. The van der Waals surface area contributed by atoms with E-state index in [1.54, 1.807) is 47.0 Å². The van der Waals surface area contributed by atoms with Gasteiger partial charge in [-0.25, -0.2) is 14.6 Å². The number of benzene rings is 7. The van der Waals surface area contributed by atoms with Crippen molar-refractivity contribution in [2.24, 2.45) is 5.41 Å². The van der Waals surface area contributed by atoms with Crippen molar-refractivity contribution < 1.29 is 23.8 Å². The third-order valence-electron chi connectivity index (χ3n) is 11.0. The summed E-state index contributed by atoms with van der Waals surface area (Å²) in [6.07, 6.45) is 0.481. The molecule has 0 saturated carbocycles. The molecule has 3 aromatic heterocycles. The lowest BCUT2D eigenvalue weighted by molar-refractivity contribution is -0.137. The molecule has 3 heterocycles. The Morgan fingerprint density at radius 2 is 1.06 bits per heavy atom. The van der Waals surface area contributed by atoms with Gasteiger partial charge in [0.25, 0.3) is 5.19 Å². The molecule has 1 amide bonds. The predicted molar refractivity (Wildman–Crippen MR) is 289 cm³/mol. The predicted octanol–water partition coefficient (Wildman–Crippen LogP) is 15.7. The van der Waals surface area contributed by atoms with Gasteiger partial charge >= 0.3 is 12.1 Å². The van der Waals surface area contributed by atoms with E-state index in [2.05, 4.69) is 145 Å². The first-order valence-electron chi connectivity index (χ1n) is 21.7. The van der Waals surface area contributed by atoms with Crippen LogP contribution in [0.1, 0.15) is 0 Å². The Morgan fingerprint density at radius 3 is 1.63 bits per heavy atom. The lowest BCUT2D eigenvalue weighted by Crippen LogP contribution is -2.41. The van der Waals surface area contributed by atoms with Gasteiger partial charge in [-0.1, -0.05) is 139 Å². The minimum Gasteiger partial charge on any atom is -0.469 e. The van der Waals surface area contributed by atoms with E-state index in [1.807, 2.05) is 46.9 Å². The lowest BCUT2D eigenvalue weighted by atomic mass is 9.95. The summed E-state index contributed by atoms with van der Waals surface area (Å²) in [5, 5.41) is 8.37. The number of para-hydroxylation sites is 1. The number of thiophene rings is 2. The second-order valence-corrected chi connectivity index (χ2v) is 23.0. The van der Waals surface area contributed by atoms with Crippen molar-refractivity contribution in [1.82, 2.24) is 10.3 Å². The van der Waals surface area contributed by atoms with Crippen LogP contribution in [-0.2, 0) is 14.3 Å². The van der Waals surface area contributed by atoms with Crippen LogP contribution < -0.4 is 10.1 Å². The van der Waals surface area contributed by atoms with E-state index < -0.39 is 17.5 Å². The van der Waals surface area contributed by atoms with Crippen molar-refractivity contribution in [3.63, 3.8) is 0 Å². The van der Waals surface area contributed by atoms with Crippen molar-refractivity contribution in [2.45, 2.75) is 29.4 Å². The monoisotopic (exact) mass is 1020 g/mol. The number of nitrogens with zero attached hydrogens (tertiary/aromatic N) is 1. The molecule has 1 N–H and O–H groups in total. The van der Waals surface area contributed by atoms with E-state index >= 15 is 0 Å². The SMILES string of the molecule is C=CC(=O)OCCNC(=O)OCC(COc1nc2ccccc2s1)(CSc1ccccc1Sc1cccc2c1sc1ccccc12)CSc1ccccc1Sc1cccc2c1sc1ccccc12. The number of thiazole rings is 1. The fourth-order valence-corrected chi connectivity index (χ4v) is 15.9. The highest BCUT2D eigenvalue weighted by Crippen LogP contribution is 2.47. The standard InChI is InChI=1S/C54H42N2O5S7/c1-2-49(57)59-30-29-55-52(58)60-31-54(32-61-53-56-39-19-5-8-22-42(39)68-53,33-62-43-23-9-11-25-45(43)64-47-27-13-17-37-35-15-3-6-20-40(35)66-50(37)47)34-63-44-24-10-12-26-46(44)65-48-28-14-18-38-36-16-4-7-21-41(36)67-51(38)48/h2-28H,1,29-34H2,(H,55,58). The molecule has 0 aliphatic rings. The largest absolute Gasteiger partial charge is 0.469 e. The van der Waals surface area contributed by atoms with Crippen LogP contribution in [0.15, 0.2) is 200 Å². The number of hydrogen-bond acceptors (Lipinski definition) is 13. The normalized spacial score (nSPS) is 11.7. The number of carbonyl (C=O) groups is 2. The summed E-state index contributed by atoms with van der Waals surface area (Å²) in [6.45, 7) is 3.80. The Labute approximate surface area is 422 Å². The molecule has 10 aromatic rings. The van der Waals surface area contributed by atoms with Crippen LogP contribution in [-0.4, -0.2) is 54.9 Å². The van der Waals surface area contributed by atoms with Gasteiger partial charge in [0, 0.05) is 87.3 Å². The van der Waals surface area contributed by atoms with Crippen LogP contribution in [0, 0.1) is 5.41 Å². The fourth-order valence-electron chi connectivity index (χ4n) is 7.62. The highest BCUT2D eigenvalue weighted by Gasteiger charge is 2.35. The van der Waals surface area contributed by atoms with Crippen LogP contribution in [0.5, 0.6) is 5.19 Å². The van der Waals surface area contributed by atoms with Gasteiger partial charge in [0.2, 0.25) is 0 Å². The maximum Gasteiger partial charge on any atom is 0.407 e. The first kappa shape index (κ1) is 46.3. The first-order chi connectivity index (χ1) is 33.4. The summed E-state index contributed by atoms with van der Waals surface area (Å²) in [5.41, 5.74) is 0.140. The van der Waals surface area contributed by atoms with Gasteiger partial charge in [-0.2, -0.15) is 0 Å². The van der Waals surface area contributed by atoms with E-state index in [0.717, 1.165) is 35.9 Å². The van der Waals surface area contributed by atoms with Crippen LogP contribution in [0.25, 0.3) is 50.6 Å². The molecule has 7 nitrogen and oxygen atoms in total. The van der Waals surface area contributed by atoms with Gasteiger partial charge in [-0.3, -0.25) is 0 Å². The molecule has 0 unspecified atom stereocenters. The molecule has 0 aliphatic carbocycles. The number of thioether (sulfide) groups is 2. The van der Waals surface area contributed by atoms with E-state index in [0.29, 0.717) is 16.7 Å². The molecule has 340 valence electrons. The van der Waals surface area contributed by atoms with Gasteiger partial charge in [-0.05, 0) is 60.7 Å². The smallest absolute Gasteiger partial charge is 0.407 e. The number of ether oxygens (including phenoxy) is 3. The molecule has 0 atom stereocenters. The summed E-state index contributed by atoms with van der Waals surface area (Å²) in [6, 6.07) is 55.3. The molecule has 0 fully saturated rings. The van der Waals surface area contributed by atoms with Crippen molar-refractivity contribution in [2.75, 3.05) is 37.9 Å². The quantitative estimate of drug-likeness (QED) is 0.0366. The second-order valence-electron chi connectivity index (χ2n) is 15.7. The molecular weight excluding hydrogens is 981 g/mol.